The number of nitrogens with one attached hydrogen (secondary N) is 1. The van der Waals surface area contributed by atoms with Gasteiger partial charge in [0.25, 0.3) is 0 Å². The number of anilines is 1. The lowest BCUT2D eigenvalue weighted by atomic mass is 10.2. The molecule has 0 radical (unpaired) electrons. The van der Waals surface area contributed by atoms with Crippen molar-refractivity contribution in [3.05, 3.63) is 23.8 Å². The van der Waals surface area contributed by atoms with Crippen molar-refractivity contribution >= 4 is 21.6 Å². The van der Waals surface area contributed by atoms with Crippen LogP contribution >= 0.6 is 0 Å². The number of carbonyl (C=O) groups is 1. The molecular formula is C16H25N3O3S. The summed E-state index contributed by atoms with van der Waals surface area (Å²) >= 11 is 0. The number of benzene rings is 1. The summed E-state index contributed by atoms with van der Waals surface area (Å²) in [7, 11) is 0.383. The van der Waals surface area contributed by atoms with E-state index in [2.05, 4.69) is 4.72 Å². The molecule has 0 spiro atoms. The van der Waals surface area contributed by atoms with Gasteiger partial charge < -0.3 is 9.80 Å². The van der Waals surface area contributed by atoms with Gasteiger partial charge in [-0.25, -0.2) is 13.1 Å². The molecule has 1 aliphatic rings. The van der Waals surface area contributed by atoms with E-state index in [0.717, 1.165) is 24.2 Å². The van der Waals surface area contributed by atoms with Gasteiger partial charge in [-0.3, -0.25) is 4.79 Å². The van der Waals surface area contributed by atoms with Gasteiger partial charge in [0.15, 0.2) is 0 Å². The van der Waals surface area contributed by atoms with Gasteiger partial charge in [-0.2, -0.15) is 0 Å². The summed E-state index contributed by atoms with van der Waals surface area (Å²) in [6.07, 6.45) is 1.43. The average Bonchev–Trinajstić information content (AvgIpc) is 2.87. The first kappa shape index (κ1) is 17.9. The third-order valence-corrected chi connectivity index (χ3v) is 5.59. The Morgan fingerprint density at radius 3 is 2.70 bits per heavy atom. The summed E-state index contributed by atoms with van der Waals surface area (Å²) in [5.74, 6) is -0.0187. The number of hydrogen-bond acceptors (Lipinski definition) is 4. The van der Waals surface area contributed by atoms with Crippen LogP contribution in [0.15, 0.2) is 23.1 Å². The van der Waals surface area contributed by atoms with Crippen LogP contribution in [0.25, 0.3) is 0 Å². The number of rotatable bonds is 6. The molecule has 1 atom stereocenters. The Labute approximate surface area is 138 Å². The molecule has 0 bridgehead atoms. The molecule has 7 heteroatoms. The Balaban J connectivity index is 2.14. The highest BCUT2D eigenvalue weighted by Gasteiger charge is 2.25. The van der Waals surface area contributed by atoms with Gasteiger partial charge in [0.1, 0.15) is 0 Å². The molecule has 0 saturated carbocycles. The third-order valence-electron chi connectivity index (χ3n) is 4.00. The minimum absolute atomic E-state index is 0.0187. The van der Waals surface area contributed by atoms with E-state index in [1.807, 2.05) is 25.9 Å². The van der Waals surface area contributed by atoms with Crippen LogP contribution < -0.4 is 9.62 Å². The molecule has 1 aromatic rings. The fraction of sp³-hybridized carbons (Fsp3) is 0.562. The second kappa shape index (κ2) is 6.98. The lowest BCUT2D eigenvalue weighted by Gasteiger charge is -2.18. The largest absolute Gasteiger partial charge is 0.312 e. The van der Waals surface area contributed by atoms with E-state index >= 15 is 0 Å². The zero-order valence-electron chi connectivity index (χ0n) is 14.2. The Morgan fingerprint density at radius 2 is 2.09 bits per heavy atom. The number of amides is 1. The molecule has 1 heterocycles. The van der Waals surface area contributed by atoms with Gasteiger partial charge in [0.2, 0.25) is 15.9 Å². The van der Waals surface area contributed by atoms with Crippen LogP contribution in [0, 0.1) is 0 Å². The molecule has 1 unspecified atom stereocenters. The van der Waals surface area contributed by atoms with Crippen molar-refractivity contribution in [2.24, 2.45) is 0 Å². The number of hydrogen-bond donors (Lipinski definition) is 1. The van der Waals surface area contributed by atoms with E-state index in [0.29, 0.717) is 13.0 Å². The van der Waals surface area contributed by atoms with Gasteiger partial charge in [-0.05, 0) is 64.2 Å². The molecule has 2 rings (SSSR count). The molecule has 1 amide bonds. The van der Waals surface area contributed by atoms with Gasteiger partial charge in [0, 0.05) is 25.2 Å². The molecule has 23 heavy (non-hydrogen) atoms. The van der Waals surface area contributed by atoms with Crippen molar-refractivity contribution < 1.29 is 13.2 Å². The lowest BCUT2D eigenvalue weighted by Crippen LogP contribution is -2.34. The zero-order valence-corrected chi connectivity index (χ0v) is 15.0. The molecule has 6 nitrogen and oxygen atoms in total. The van der Waals surface area contributed by atoms with Gasteiger partial charge in [-0.15, -0.1) is 0 Å². The highest BCUT2D eigenvalue weighted by molar-refractivity contribution is 7.89. The van der Waals surface area contributed by atoms with Crippen LogP contribution in [0.5, 0.6) is 0 Å². The second-order valence-corrected chi connectivity index (χ2v) is 8.04. The third kappa shape index (κ3) is 4.31. The average molecular weight is 339 g/mol. The molecule has 1 N–H and O–H groups in total. The monoisotopic (exact) mass is 339 g/mol. The number of sulfonamides is 1. The van der Waals surface area contributed by atoms with Crippen molar-refractivity contribution in [3.8, 4) is 0 Å². The maximum atomic E-state index is 12.5. The SMILES string of the molecule is CC(=O)N1CCc2cc(S(=O)(=O)NC(C)CCN(C)C)ccc21. The van der Waals surface area contributed by atoms with Crippen molar-refractivity contribution in [1.82, 2.24) is 9.62 Å². The molecular weight excluding hydrogens is 314 g/mol. The minimum atomic E-state index is -3.54. The van der Waals surface area contributed by atoms with Crippen LogP contribution in [-0.2, 0) is 21.2 Å². The number of nitrogens with zero attached hydrogens (tertiary/aromatic N) is 2. The lowest BCUT2D eigenvalue weighted by molar-refractivity contribution is -0.116. The van der Waals surface area contributed by atoms with Gasteiger partial charge in [0.05, 0.1) is 4.90 Å². The molecule has 0 aromatic heterocycles. The Morgan fingerprint density at radius 1 is 1.39 bits per heavy atom. The maximum absolute atomic E-state index is 12.5. The zero-order chi connectivity index (χ0) is 17.2. The van der Waals surface area contributed by atoms with E-state index < -0.39 is 10.0 Å². The predicted octanol–water partition coefficient (Wildman–Crippen LogP) is 1.21. The standard InChI is InChI=1S/C16H25N3O3S/c1-12(7-9-18(3)4)17-23(21,22)15-5-6-16-14(11-15)8-10-19(16)13(2)20/h5-6,11-12,17H,7-10H2,1-4H3. The second-order valence-electron chi connectivity index (χ2n) is 6.33. The Bertz CT molecular complexity index is 686. The summed E-state index contributed by atoms with van der Waals surface area (Å²) < 4.78 is 27.7. The number of fused-ring (bicyclic) bond motifs is 1. The normalized spacial score (nSPS) is 15.8. The van der Waals surface area contributed by atoms with Crippen molar-refractivity contribution in [2.75, 3.05) is 32.1 Å². The van der Waals surface area contributed by atoms with Crippen molar-refractivity contribution in [2.45, 2.75) is 37.6 Å². The van der Waals surface area contributed by atoms with E-state index in [-0.39, 0.29) is 16.8 Å². The fourth-order valence-corrected chi connectivity index (χ4v) is 4.04. The van der Waals surface area contributed by atoms with Crippen LogP contribution in [0.1, 0.15) is 25.8 Å². The molecule has 0 fully saturated rings. The van der Waals surface area contributed by atoms with Crippen molar-refractivity contribution in [1.29, 1.82) is 0 Å². The summed E-state index contributed by atoms with van der Waals surface area (Å²) in [4.78, 5) is 15.5. The minimum Gasteiger partial charge on any atom is -0.312 e. The van der Waals surface area contributed by atoms with Crippen LogP contribution in [-0.4, -0.2) is 52.5 Å². The van der Waals surface area contributed by atoms with Crippen LogP contribution in [0.4, 0.5) is 5.69 Å². The highest BCUT2D eigenvalue weighted by Crippen LogP contribution is 2.30. The van der Waals surface area contributed by atoms with Gasteiger partial charge >= 0.3 is 0 Å². The van der Waals surface area contributed by atoms with E-state index in [4.69, 9.17) is 0 Å². The van der Waals surface area contributed by atoms with Gasteiger partial charge in [-0.1, -0.05) is 0 Å². The summed E-state index contributed by atoms with van der Waals surface area (Å²) in [6, 6.07) is 4.84. The highest BCUT2D eigenvalue weighted by atomic mass is 32.2. The Hall–Kier alpha value is -1.44. The number of carbonyl (C=O) groups excluding carboxylic acids is 1. The first-order valence-electron chi connectivity index (χ1n) is 7.79. The molecule has 1 aromatic carbocycles. The topological polar surface area (TPSA) is 69.7 Å². The quantitative estimate of drug-likeness (QED) is 0.846. The summed E-state index contributed by atoms with van der Waals surface area (Å²) in [6.45, 7) is 4.82. The van der Waals surface area contributed by atoms with E-state index in [9.17, 15) is 13.2 Å². The summed E-state index contributed by atoms with van der Waals surface area (Å²) in [5.41, 5.74) is 1.72. The molecule has 1 aliphatic heterocycles. The summed E-state index contributed by atoms with van der Waals surface area (Å²) in [5, 5.41) is 0. The first-order chi connectivity index (χ1) is 10.7. The Kier molecular flexibility index (Phi) is 5.44. The smallest absolute Gasteiger partial charge is 0.240 e. The van der Waals surface area contributed by atoms with E-state index in [1.165, 1.54) is 6.92 Å². The first-order valence-corrected chi connectivity index (χ1v) is 9.27. The van der Waals surface area contributed by atoms with E-state index in [1.54, 1.807) is 23.1 Å². The molecule has 0 saturated heterocycles. The maximum Gasteiger partial charge on any atom is 0.240 e. The van der Waals surface area contributed by atoms with Crippen LogP contribution in [0.3, 0.4) is 0 Å². The molecule has 128 valence electrons. The fourth-order valence-electron chi connectivity index (χ4n) is 2.72. The van der Waals surface area contributed by atoms with Crippen molar-refractivity contribution in [3.63, 3.8) is 0 Å². The molecule has 0 aliphatic carbocycles. The predicted molar refractivity (Wildman–Crippen MR) is 91.1 cm³/mol. The van der Waals surface area contributed by atoms with Crippen LogP contribution in [0.2, 0.25) is 0 Å².